The average Bonchev–Trinajstić information content (AvgIpc) is 0.779. The average molecular weight is 1510 g/mol. The van der Waals surface area contributed by atoms with E-state index in [-0.39, 0.29) is 140 Å². The van der Waals surface area contributed by atoms with Crippen molar-refractivity contribution < 1.29 is 92.5 Å². The standard InChI is InChI=1S/C37H44F6N2O4.C20H22F3NO2.C16H23F3N2O3.CH4.FH.2H2S/c1-9-49-32(48)17-25(34-35(39)23(6)15-26(36(34)40)33-22(5)13-21(4)14-28(33)38)16-30(46)29(12-20(2)3)45-19-24(10-11-44(7)8)27(18-31(45)47)37(41,42)43;1-5-26-16(25)9-15(24)18-19(22)12(4)8-13(20(18)23)17-11(3)6-10(2)7-14(17)21;1-10(2)7-13(15(23)24)21-9-11(5-6-20(3)4)12(8-14(21)22)16(17,18)19;;;;/h13-15,18-20,25,29H,9-12,16-17H2,1-8H3;6-8,15H,5,9,24H2,1-4H3;8-10,13H,5-7H2,1-4H3,(H,23,24);1H4;1H;2*1H2/t25-,29?;15-;;;;;/m00...../s1/i;;;1T;;;. The van der Waals surface area contributed by atoms with E-state index in [1.54, 1.807) is 112 Å². The molecular formula is C74H98F13N5O9S2. The van der Waals surface area contributed by atoms with Crippen molar-refractivity contribution in [1.29, 1.82) is 0 Å². The largest absolute Gasteiger partial charge is 0.480 e. The third kappa shape index (κ3) is 26.0. The van der Waals surface area contributed by atoms with E-state index in [2.05, 4.69) is 0 Å². The van der Waals surface area contributed by atoms with Gasteiger partial charge in [-0.2, -0.15) is 53.3 Å². The van der Waals surface area contributed by atoms with Crippen molar-refractivity contribution in [2.75, 3.05) is 54.5 Å². The van der Waals surface area contributed by atoms with Crippen LogP contribution >= 0.6 is 27.0 Å². The lowest BCUT2D eigenvalue weighted by Crippen LogP contribution is -2.33. The van der Waals surface area contributed by atoms with Gasteiger partial charge < -0.3 is 39.2 Å². The minimum absolute atomic E-state index is 0. The Bertz CT molecular complexity index is 3970. The lowest BCUT2D eigenvalue weighted by Gasteiger charge is -2.26. The van der Waals surface area contributed by atoms with Crippen molar-refractivity contribution in [2.45, 2.75) is 172 Å². The number of carboxylic acid groups (broad SMARTS) is 1. The molecule has 103 heavy (non-hydrogen) atoms. The number of aryl methyl sites for hydroxylation is 6. The molecule has 14 nitrogen and oxygen atoms in total. The molecule has 4 aromatic carbocycles. The van der Waals surface area contributed by atoms with Gasteiger partial charge in [0.1, 0.15) is 40.9 Å². The highest BCUT2D eigenvalue weighted by Crippen LogP contribution is 2.42. The maximum Gasteiger partial charge on any atom is 0.416 e. The van der Waals surface area contributed by atoms with Crippen LogP contribution in [0.5, 0.6) is 0 Å². The van der Waals surface area contributed by atoms with Crippen LogP contribution < -0.4 is 16.9 Å². The summed E-state index contributed by atoms with van der Waals surface area (Å²) in [4.78, 5) is 78.8. The number of hydrogen-bond donors (Lipinski definition) is 2. The molecular weight excluding hydrogens is 1410 g/mol. The molecule has 576 valence electrons. The summed E-state index contributed by atoms with van der Waals surface area (Å²) < 4.78 is 191. The molecule has 2 aromatic heterocycles. The Hall–Kier alpha value is -7.47. The van der Waals surface area contributed by atoms with E-state index in [4.69, 9.17) is 16.6 Å². The molecule has 4 atom stereocenters. The number of ether oxygens (including phenoxy) is 2. The van der Waals surface area contributed by atoms with Gasteiger partial charge in [-0.1, -0.05) is 47.2 Å². The van der Waals surface area contributed by atoms with Gasteiger partial charge in [-0.15, -0.1) is 0 Å². The van der Waals surface area contributed by atoms with Crippen LogP contribution in [0, 0.1) is 88.3 Å². The van der Waals surface area contributed by atoms with Gasteiger partial charge in [0.25, 0.3) is 11.1 Å². The summed E-state index contributed by atoms with van der Waals surface area (Å²) in [6, 6.07) is 5.51. The second-order valence-corrected chi connectivity index (χ2v) is 26.1. The van der Waals surface area contributed by atoms with Gasteiger partial charge in [-0.3, -0.25) is 28.7 Å². The van der Waals surface area contributed by atoms with E-state index in [1.807, 2.05) is 0 Å². The summed E-state index contributed by atoms with van der Waals surface area (Å²) in [5, 5.41) is 9.35. The van der Waals surface area contributed by atoms with E-state index in [0.717, 1.165) is 27.6 Å². The number of rotatable bonds is 26. The Morgan fingerprint density at radius 1 is 0.553 bits per heavy atom. The van der Waals surface area contributed by atoms with Crippen LogP contribution in [-0.4, -0.2) is 102 Å². The number of carboxylic acids is 1. The number of ketones is 1. The van der Waals surface area contributed by atoms with Gasteiger partial charge in [-0.25, -0.2) is 31.1 Å². The Balaban J connectivity index is 0.00000163. The van der Waals surface area contributed by atoms with Gasteiger partial charge in [0, 0.05) is 90.7 Å². The first-order chi connectivity index (χ1) is 46.9. The number of aromatic nitrogens is 2. The zero-order chi connectivity index (χ0) is 77.2. The predicted molar refractivity (Wildman–Crippen MR) is 384 cm³/mol. The lowest BCUT2D eigenvalue weighted by molar-refractivity contribution is -0.144. The van der Waals surface area contributed by atoms with Crippen molar-refractivity contribution in [2.24, 2.45) is 17.6 Å². The van der Waals surface area contributed by atoms with Gasteiger partial charge in [0.2, 0.25) is 0 Å². The molecule has 0 amide bonds. The normalized spacial score (nSPS) is 12.6. The first kappa shape index (κ1) is 93.5. The first-order valence-corrected chi connectivity index (χ1v) is 32.1. The number of esters is 2. The quantitative estimate of drug-likeness (QED) is 0.0388. The third-order valence-corrected chi connectivity index (χ3v) is 16.2. The predicted octanol–water partition coefficient (Wildman–Crippen LogP) is 16.6. The maximum absolute atomic E-state index is 16.5. The first-order valence-electron chi connectivity index (χ1n) is 33.1. The Morgan fingerprint density at radius 3 is 1.26 bits per heavy atom. The summed E-state index contributed by atoms with van der Waals surface area (Å²) in [5.41, 5.74) is 2.28. The maximum atomic E-state index is 16.5. The minimum Gasteiger partial charge on any atom is -0.480 e. The molecule has 2 heterocycles. The van der Waals surface area contributed by atoms with Gasteiger partial charge in [-0.05, 0) is 190 Å². The number of nitrogens with two attached hydrogens (primary N) is 1. The number of benzene rings is 4. The number of nitrogens with zero attached hydrogens (tertiary/aromatic N) is 4. The number of hydrogen-bond acceptors (Lipinski definition) is 11. The SMILES string of the molecule is CC(C)CC(C(=O)O)n1cc(CCN(C)C)c(C(F)(F)F)cc1=O.CCOC(=O)C[C@H](CC(=O)C(CC(C)C)n1cc(CCN(C)C)c(C(F)(F)F)cc1=O)c1c(F)c(C)cc(-c2c(C)cc(C)cc2F)c1F.CCOC(=O)C[C@H](N)c1c(F)c(C)cc(-c2c(C)cc(C)cc2F)c1F.F.S.S.[3H]C. The minimum atomic E-state index is -4.82. The molecule has 0 radical (unpaired) electrons. The Morgan fingerprint density at radius 2 is 0.913 bits per heavy atom. The molecule has 0 aliphatic carbocycles. The molecule has 0 bridgehead atoms. The van der Waals surface area contributed by atoms with Crippen LogP contribution in [0.3, 0.4) is 0 Å². The van der Waals surface area contributed by atoms with Crippen LogP contribution in [0.15, 0.2) is 70.5 Å². The second-order valence-electron chi connectivity index (χ2n) is 26.1. The number of pyridine rings is 2. The smallest absolute Gasteiger partial charge is 0.416 e. The van der Waals surface area contributed by atoms with Crippen molar-refractivity contribution in [1.82, 2.24) is 18.9 Å². The fourth-order valence-corrected chi connectivity index (χ4v) is 11.6. The molecule has 0 fully saturated rings. The molecule has 0 aliphatic rings. The van der Waals surface area contributed by atoms with Crippen molar-refractivity contribution >= 4 is 50.7 Å². The fraction of sp³-hybridized carbons (Fsp3) is 0.486. The zero-order valence-corrected chi connectivity index (χ0v) is 63.0. The summed E-state index contributed by atoms with van der Waals surface area (Å²) in [7, 11) is 8.06. The second kappa shape index (κ2) is 41.3. The van der Waals surface area contributed by atoms with Crippen molar-refractivity contribution in [3.05, 3.63) is 183 Å². The summed E-state index contributed by atoms with van der Waals surface area (Å²) in [6.45, 7) is 20.3. The van der Waals surface area contributed by atoms with Gasteiger partial charge in [0.15, 0.2) is 5.78 Å². The van der Waals surface area contributed by atoms with Gasteiger partial charge >= 0.3 is 30.3 Å². The van der Waals surface area contributed by atoms with E-state index in [9.17, 15) is 69.0 Å². The fourth-order valence-electron chi connectivity index (χ4n) is 11.6. The van der Waals surface area contributed by atoms with E-state index >= 15 is 17.6 Å². The Labute approximate surface area is 609 Å². The van der Waals surface area contributed by atoms with E-state index in [0.29, 0.717) is 40.9 Å². The number of Topliss-reactive ketones (excluding diaryl/α,β-unsaturated/α-hetero) is 1. The van der Waals surface area contributed by atoms with Crippen molar-refractivity contribution in [3.63, 3.8) is 0 Å². The molecule has 29 heteroatoms. The van der Waals surface area contributed by atoms with Crippen LogP contribution in [0.4, 0.5) is 57.4 Å². The van der Waals surface area contributed by atoms with Crippen LogP contribution in [0.25, 0.3) is 22.3 Å². The van der Waals surface area contributed by atoms with Crippen molar-refractivity contribution in [3.8, 4) is 22.3 Å². The molecule has 6 aromatic rings. The highest BCUT2D eigenvalue weighted by atomic mass is 32.1. The lowest BCUT2D eigenvalue weighted by atomic mass is 9.83. The number of carbonyl (C=O) groups excluding carboxylic acids is 3. The molecule has 0 saturated carbocycles. The molecule has 0 saturated heterocycles. The highest BCUT2D eigenvalue weighted by molar-refractivity contribution is 7.59. The number of alkyl halides is 6. The Kier molecular flexibility index (Phi) is 37.5. The zero-order valence-electron chi connectivity index (χ0n) is 62.0. The highest BCUT2D eigenvalue weighted by Gasteiger charge is 2.39. The summed E-state index contributed by atoms with van der Waals surface area (Å²) >= 11 is 0. The summed E-state index contributed by atoms with van der Waals surface area (Å²) in [5.74, 6) is -10.5. The monoisotopic (exact) mass is 1510 g/mol. The number of aliphatic carboxylic acids is 1. The molecule has 2 unspecified atom stereocenters. The molecule has 0 spiro atoms. The van der Waals surface area contributed by atoms with Crippen LogP contribution in [0.1, 0.15) is 173 Å². The molecule has 0 aliphatic heterocycles. The number of likely N-dealkylation sites (N-methyl/N-ethyl adjacent to an activating group) is 2. The number of carbonyl (C=O) groups is 4. The molecule has 3 N–H and O–H groups in total. The van der Waals surface area contributed by atoms with Gasteiger partial charge in [0.05, 0.1) is 43.2 Å². The van der Waals surface area contributed by atoms with Crippen LogP contribution in [0.2, 0.25) is 0 Å². The van der Waals surface area contributed by atoms with E-state index in [1.165, 1.54) is 46.4 Å². The third-order valence-electron chi connectivity index (χ3n) is 16.2. The van der Waals surface area contributed by atoms with Crippen LogP contribution in [-0.2, 0) is 53.8 Å². The van der Waals surface area contributed by atoms with E-state index < -0.39 is 141 Å². The number of halogens is 13. The summed E-state index contributed by atoms with van der Waals surface area (Å²) in [6.07, 6.45) is -8.89. The topological polar surface area (TPSA) is 183 Å². The molecule has 6 rings (SSSR count).